The van der Waals surface area contributed by atoms with Crippen molar-refractivity contribution in [2.45, 2.75) is 24.8 Å². The zero-order valence-electron chi connectivity index (χ0n) is 13.8. The second-order valence-corrected chi connectivity index (χ2v) is 6.00. The van der Waals surface area contributed by atoms with Gasteiger partial charge < -0.3 is 14.8 Å². The Labute approximate surface area is 140 Å². The molecule has 24 heavy (non-hydrogen) atoms. The van der Waals surface area contributed by atoms with Crippen molar-refractivity contribution in [3.63, 3.8) is 0 Å². The summed E-state index contributed by atoms with van der Waals surface area (Å²) in [5, 5.41) is 3.11. The van der Waals surface area contributed by atoms with Crippen molar-refractivity contribution in [2.24, 2.45) is 0 Å². The standard InChI is InChI=1S/C19H20FNO3/c1-23-16-10-13(11-17(12-16)24-2)18(22)21-19(8-3-9-19)14-4-6-15(20)7-5-14/h4-7,10-12H,3,8-9H2,1-2H3,(H,21,22). The average molecular weight is 329 g/mol. The fourth-order valence-corrected chi connectivity index (χ4v) is 3.01. The van der Waals surface area contributed by atoms with Gasteiger partial charge in [-0.15, -0.1) is 0 Å². The van der Waals surface area contributed by atoms with Crippen LogP contribution in [-0.2, 0) is 5.54 Å². The van der Waals surface area contributed by atoms with Gasteiger partial charge in [0.1, 0.15) is 17.3 Å². The minimum atomic E-state index is -0.429. The van der Waals surface area contributed by atoms with Crippen LogP contribution in [0.2, 0.25) is 0 Å². The van der Waals surface area contributed by atoms with Gasteiger partial charge in [0.05, 0.1) is 19.8 Å². The quantitative estimate of drug-likeness (QED) is 0.911. The molecule has 1 saturated carbocycles. The van der Waals surface area contributed by atoms with Crippen LogP contribution in [0.15, 0.2) is 42.5 Å². The lowest BCUT2D eigenvalue weighted by atomic mass is 9.71. The lowest BCUT2D eigenvalue weighted by Gasteiger charge is -2.43. The molecule has 0 radical (unpaired) electrons. The average Bonchev–Trinajstić information content (AvgIpc) is 2.58. The Morgan fingerprint density at radius 2 is 1.62 bits per heavy atom. The number of halogens is 1. The highest BCUT2D eigenvalue weighted by atomic mass is 19.1. The molecule has 4 nitrogen and oxygen atoms in total. The Hall–Kier alpha value is -2.56. The third-order valence-electron chi connectivity index (χ3n) is 4.57. The molecule has 0 aromatic heterocycles. The van der Waals surface area contributed by atoms with Crippen molar-refractivity contribution in [1.29, 1.82) is 0 Å². The molecule has 0 saturated heterocycles. The van der Waals surface area contributed by atoms with Crippen LogP contribution in [0, 0.1) is 5.82 Å². The van der Waals surface area contributed by atoms with E-state index in [0.29, 0.717) is 17.1 Å². The van der Waals surface area contributed by atoms with Crippen LogP contribution in [0.4, 0.5) is 4.39 Å². The maximum Gasteiger partial charge on any atom is 0.252 e. The largest absolute Gasteiger partial charge is 0.497 e. The number of rotatable bonds is 5. The summed E-state index contributed by atoms with van der Waals surface area (Å²) in [7, 11) is 3.09. The minimum Gasteiger partial charge on any atom is -0.497 e. The normalized spacial score (nSPS) is 15.3. The molecule has 1 aliphatic rings. The van der Waals surface area contributed by atoms with Gasteiger partial charge >= 0.3 is 0 Å². The number of benzene rings is 2. The van der Waals surface area contributed by atoms with Crippen LogP contribution in [0.5, 0.6) is 11.5 Å². The molecule has 5 heteroatoms. The summed E-state index contributed by atoms with van der Waals surface area (Å²) in [6.45, 7) is 0. The second-order valence-electron chi connectivity index (χ2n) is 6.00. The van der Waals surface area contributed by atoms with Gasteiger partial charge in [0.2, 0.25) is 0 Å². The van der Waals surface area contributed by atoms with Crippen LogP contribution in [-0.4, -0.2) is 20.1 Å². The summed E-state index contributed by atoms with van der Waals surface area (Å²) in [5.41, 5.74) is 0.971. The molecule has 1 N–H and O–H groups in total. The van der Waals surface area contributed by atoms with E-state index in [4.69, 9.17) is 9.47 Å². The number of carbonyl (C=O) groups excluding carboxylic acids is 1. The molecule has 126 valence electrons. The van der Waals surface area contributed by atoms with Crippen molar-refractivity contribution >= 4 is 5.91 Å². The molecule has 0 aliphatic heterocycles. The summed E-state index contributed by atoms with van der Waals surface area (Å²) < 4.78 is 23.6. The summed E-state index contributed by atoms with van der Waals surface area (Å²) in [5.74, 6) is 0.640. The van der Waals surface area contributed by atoms with Crippen molar-refractivity contribution < 1.29 is 18.7 Å². The highest BCUT2D eigenvalue weighted by molar-refractivity contribution is 5.95. The van der Waals surface area contributed by atoms with E-state index in [1.54, 1.807) is 44.6 Å². The van der Waals surface area contributed by atoms with Crippen LogP contribution in [0.1, 0.15) is 35.2 Å². The Morgan fingerprint density at radius 3 is 2.08 bits per heavy atom. The first-order chi connectivity index (χ1) is 11.6. The second kappa shape index (κ2) is 6.51. The third-order valence-corrected chi connectivity index (χ3v) is 4.57. The number of nitrogens with one attached hydrogen (secondary N) is 1. The lowest BCUT2D eigenvalue weighted by molar-refractivity contribution is 0.0822. The van der Waals surface area contributed by atoms with E-state index in [0.717, 1.165) is 24.8 Å². The topological polar surface area (TPSA) is 47.6 Å². The maximum atomic E-state index is 13.2. The highest BCUT2D eigenvalue weighted by Crippen LogP contribution is 2.41. The SMILES string of the molecule is COc1cc(OC)cc(C(=O)NC2(c3ccc(F)cc3)CCC2)c1. The monoisotopic (exact) mass is 329 g/mol. The van der Waals surface area contributed by atoms with Crippen molar-refractivity contribution in [1.82, 2.24) is 5.32 Å². The smallest absolute Gasteiger partial charge is 0.252 e. The fraction of sp³-hybridized carbons (Fsp3) is 0.316. The first-order valence-electron chi connectivity index (χ1n) is 7.88. The van der Waals surface area contributed by atoms with Crippen molar-refractivity contribution in [3.8, 4) is 11.5 Å². The predicted molar refractivity (Wildman–Crippen MR) is 88.9 cm³/mol. The van der Waals surface area contributed by atoms with Crippen LogP contribution >= 0.6 is 0 Å². The number of hydrogen-bond acceptors (Lipinski definition) is 3. The molecule has 0 heterocycles. The molecular formula is C19H20FNO3. The van der Waals surface area contributed by atoms with Crippen molar-refractivity contribution in [2.75, 3.05) is 14.2 Å². The molecule has 1 aliphatic carbocycles. The summed E-state index contributed by atoms with van der Waals surface area (Å²) in [6.07, 6.45) is 2.70. The summed E-state index contributed by atoms with van der Waals surface area (Å²) in [6, 6.07) is 11.4. The van der Waals surface area contributed by atoms with E-state index >= 15 is 0 Å². The zero-order valence-corrected chi connectivity index (χ0v) is 13.8. The Kier molecular flexibility index (Phi) is 4.42. The molecular weight excluding hydrogens is 309 g/mol. The van der Waals surface area contributed by atoms with Crippen LogP contribution in [0.25, 0.3) is 0 Å². The van der Waals surface area contributed by atoms with E-state index < -0.39 is 5.54 Å². The van der Waals surface area contributed by atoms with Crippen molar-refractivity contribution in [3.05, 3.63) is 59.4 Å². The van der Waals surface area contributed by atoms with Gasteiger partial charge in [-0.3, -0.25) is 4.79 Å². The van der Waals surface area contributed by atoms with E-state index in [1.807, 2.05) is 0 Å². The highest BCUT2D eigenvalue weighted by Gasteiger charge is 2.40. The minimum absolute atomic E-state index is 0.198. The van der Waals surface area contributed by atoms with Gasteiger partial charge in [0, 0.05) is 11.6 Å². The van der Waals surface area contributed by atoms with Gasteiger partial charge in [0.15, 0.2) is 0 Å². The molecule has 1 amide bonds. The summed E-state index contributed by atoms with van der Waals surface area (Å²) in [4.78, 5) is 12.7. The fourth-order valence-electron chi connectivity index (χ4n) is 3.01. The molecule has 0 spiro atoms. The number of carbonyl (C=O) groups is 1. The molecule has 0 bridgehead atoms. The Morgan fingerprint density at radius 1 is 1.04 bits per heavy atom. The number of methoxy groups -OCH3 is 2. The zero-order chi connectivity index (χ0) is 17.2. The molecule has 1 fully saturated rings. The van der Waals surface area contributed by atoms with E-state index in [1.165, 1.54) is 12.1 Å². The molecule has 2 aromatic carbocycles. The number of hydrogen-bond donors (Lipinski definition) is 1. The Bertz CT molecular complexity index is 717. The van der Waals surface area contributed by atoms with Gasteiger partial charge in [-0.25, -0.2) is 4.39 Å². The molecule has 0 atom stereocenters. The lowest BCUT2D eigenvalue weighted by Crippen LogP contribution is -2.50. The van der Waals surface area contributed by atoms with Crippen LogP contribution < -0.4 is 14.8 Å². The third kappa shape index (κ3) is 3.07. The summed E-state index contributed by atoms with van der Waals surface area (Å²) >= 11 is 0. The van der Waals surface area contributed by atoms with E-state index in [9.17, 15) is 9.18 Å². The first-order valence-corrected chi connectivity index (χ1v) is 7.88. The number of ether oxygens (including phenoxy) is 2. The van der Waals surface area contributed by atoms with E-state index in [-0.39, 0.29) is 11.7 Å². The van der Waals surface area contributed by atoms with E-state index in [2.05, 4.69) is 5.32 Å². The molecule has 3 rings (SSSR count). The molecule has 0 unspecified atom stereocenters. The Balaban J connectivity index is 1.86. The maximum absolute atomic E-state index is 13.2. The van der Waals surface area contributed by atoms with Crippen LogP contribution in [0.3, 0.4) is 0 Å². The molecule has 2 aromatic rings. The van der Waals surface area contributed by atoms with Gasteiger partial charge in [-0.2, -0.15) is 0 Å². The van der Waals surface area contributed by atoms with Gasteiger partial charge in [-0.05, 0) is 49.1 Å². The predicted octanol–water partition coefficient (Wildman–Crippen LogP) is 3.65. The number of amides is 1. The van der Waals surface area contributed by atoms with Gasteiger partial charge in [0.25, 0.3) is 5.91 Å². The van der Waals surface area contributed by atoms with Gasteiger partial charge in [-0.1, -0.05) is 12.1 Å². The first kappa shape index (κ1) is 16.3.